The lowest BCUT2D eigenvalue weighted by Crippen LogP contribution is -2.04. The van der Waals surface area contributed by atoms with Crippen molar-refractivity contribution in [3.8, 4) is 0 Å². The molecule has 0 fully saturated rings. The van der Waals surface area contributed by atoms with Gasteiger partial charge in [-0.2, -0.15) is 8.42 Å². The highest BCUT2D eigenvalue weighted by atomic mass is 32.2. The monoisotopic (exact) mass is 154 g/mol. The smallest absolute Gasteiger partial charge is 0.264 e. The van der Waals surface area contributed by atoms with Crippen molar-refractivity contribution in [3.63, 3.8) is 0 Å². The fourth-order valence-electron chi connectivity index (χ4n) is 0.275. The SMILES string of the molecule is CS(=O)(=O)OCCCO. The van der Waals surface area contributed by atoms with Gasteiger partial charge in [0.1, 0.15) is 0 Å². The minimum absolute atomic E-state index is 0.0461. The number of rotatable bonds is 4. The van der Waals surface area contributed by atoms with Crippen LogP contribution in [-0.4, -0.2) is 33.0 Å². The van der Waals surface area contributed by atoms with Gasteiger partial charge in [0.05, 0.1) is 12.9 Å². The van der Waals surface area contributed by atoms with Gasteiger partial charge in [0.2, 0.25) is 0 Å². The van der Waals surface area contributed by atoms with Crippen molar-refractivity contribution >= 4 is 10.1 Å². The van der Waals surface area contributed by atoms with Crippen molar-refractivity contribution in [1.29, 1.82) is 0 Å². The minimum atomic E-state index is -3.31. The van der Waals surface area contributed by atoms with Gasteiger partial charge < -0.3 is 5.11 Å². The van der Waals surface area contributed by atoms with Crippen molar-refractivity contribution in [3.05, 3.63) is 0 Å². The zero-order valence-corrected chi connectivity index (χ0v) is 6.02. The summed E-state index contributed by atoms with van der Waals surface area (Å²) in [4.78, 5) is 0. The fraction of sp³-hybridized carbons (Fsp3) is 1.00. The predicted octanol–water partition coefficient (Wildman–Crippen LogP) is -0.655. The summed E-state index contributed by atoms with van der Waals surface area (Å²) in [6.45, 7) is 0.0187. The number of aliphatic hydroxyl groups is 1. The van der Waals surface area contributed by atoms with Crippen LogP contribution in [0.15, 0.2) is 0 Å². The molecule has 0 bridgehead atoms. The maximum absolute atomic E-state index is 10.2. The van der Waals surface area contributed by atoms with E-state index in [-0.39, 0.29) is 13.2 Å². The Morgan fingerprint density at radius 1 is 1.56 bits per heavy atom. The van der Waals surface area contributed by atoms with Crippen molar-refractivity contribution < 1.29 is 17.7 Å². The summed E-state index contributed by atoms with van der Waals surface area (Å²) in [7, 11) is -3.31. The van der Waals surface area contributed by atoms with Gasteiger partial charge in [0.25, 0.3) is 10.1 Å². The van der Waals surface area contributed by atoms with E-state index in [1.165, 1.54) is 0 Å². The summed E-state index contributed by atoms with van der Waals surface area (Å²) in [5.74, 6) is 0. The van der Waals surface area contributed by atoms with Gasteiger partial charge in [0.15, 0.2) is 0 Å². The van der Waals surface area contributed by atoms with Gasteiger partial charge in [-0.05, 0) is 6.42 Å². The van der Waals surface area contributed by atoms with Gasteiger partial charge in [0, 0.05) is 6.61 Å². The largest absolute Gasteiger partial charge is 0.396 e. The Hall–Kier alpha value is -0.130. The highest BCUT2D eigenvalue weighted by Gasteiger charge is 1.98. The molecule has 0 radical (unpaired) electrons. The number of hydrogen-bond donors (Lipinski definition) is 1. The Morgan fingerprint density at radius 2 is 2.11 bits per heavy atom. The summed E-state index contributed by atoms with van der Waals surface area (Å²) in [5.41, 5.74) is 0. The molecule has 0 aromatic rings. The predicted molar refractivity (Wildman–Crippen MR) is 32.5 cm³/mol. The van der Waals surface area contributed by atoms with Gasteiger partial charge in [-0.1, -0.05) is 0 Å². The van der Waals surface area contributed by atoms with Crippen LogP contribution in [0, 0.1) is 0 Å². The molecule has 1 N–H and O–H groups in total. The summed E-state index contributed by atoms with van der Waals surface area (Å²) < 4.78 is 24.7. The van der Waals surface area contributed by atoms with E-state index < -0.39 is 10.1 Å². The Balaban J connectivity index is 3.30. The van der Waals surface area contributed by atoms with Crippen LogP contribution in [-0.2, 0) is 14.3 Å². The van der Waals surface area contributed by atoms with Crippen LogP contribution >= 0.6 is 0 Å². The Kier molecular flexibility index (Phi) is 3.76. The maximum atomic E-state index is 10.2. The van der Waals surface area contributed by atoms with Crippen molar-refractivity contribution in [1.82, 2.24) is 0 Å². The molecule has 0 aromatic carbocycles. The van der Waals surface area contributed by atoms with Crippen molar-refractivity contribution in [2.24, 2.45) is 0 Å². The summed E-state index contributed by atoms with van der Waals surface area (Å²) in [6.07, 6.45) is 1.33. The summed E-state index contributed by atoms with van der Waals surface area (Å²) in [6, 6.07) is 0. The second-order valence-corrected chi connectivity index (χ2v) is 3.25. The molecule has 9 heavy (non-hydrogen) atoms. The number of hydrogen-bond acceptors (Lipinski definition) is 4. The van der Waals surface area contributed by atoms with Gasteiger partial charge in [-0.15, -0.1) is 0 Å². The summed E-state index contributed by atoms with van der Waals surface area (Å²) in [5, 5.41) is 8.19. The molecule has 0 aromatic heterocycles. The average Bonchev–Trinajstić information content (AvgIpc) is 1.63. The van der Waals surface area contributed by atoms with Crippen LogP contribution in [0.5, 0.6) is 0 Å². The molecule has 0 spiro atoms. The Morgan fingerprint density at radius 3 is 2.44 bits per heavy atom. The molecular formula is C4H10O4S. The maximum Gasteiger partial charge on any atom is 0.264 e. The van der Waals surface area contributed by atoms with Crippen LogP contribution in [0.25, 0.3) is 0 Å². The second kappa shape index (κ2) is 3.81. The van der Waals surface area contributed by atoms with E-state index in [9.17, 15) is 8.42 Å². The first-order valence-corrected chi connectivity index (χ1v) is 4.33. The molecule has 0 aliphatic rings. The van der Waals surface area contributed by atoms with Crippen LogP contribution < -0.4 is 0 Å². The van der Waals surface area contributed by atoms with E-state index in [0.717, 1.165) is 6.26 Å². The molecule has 0 amide bonds. The Labute approximate surface area is 54.6 Å². The van der Waals surface area contributed by atoms with E-state index in [2.05, 4.69) is 4.18 Å². The first kappa shape index (κ1) is 8.87. The Bertz CT molecular complexity index is 148. The highest BCUT2D eigenvalue weighted by molar-refractivity contribution is 7.85. The molecule has 0 unspecified atom stereocenters. The zero-order chi connectivity index (χ0) is 7.33. The zero-order valence-electron chi connectivity index (χ0n) is 5.20. The number of aliphatic hydroxyl groups excluding tert-OH is 1. The third-order valence-electron chi connectivity index (χ3n) is 0.600. The van der Waals surface area contributed by atoms with Crippen molar-refractivity contribution in [2.75, 3.05) is 19.5 Å². The molecule has 0 atom stereocenters. The average molecular weight is 154 g/mol. The highest BCUT2D eigenvalue weighted by Crippen LogP contribution is 1.87. The fourth-order valence-corrected chi connectivity index (χ4v) is 0.695. The van der Waals surface area contributed by atoms with E-state index in [0.29, 0.717) is 6.42 Å². The lowest BCUT2D eigenvalue weighted by Gasteiger charge is -1.96. The third kappa shape index (κ3) is 7.87. The quantitative estimate of drug-likeness (QED) is 0.431. The molecule has 4 nitrogen and oxygen atoms in total. The lowest BCUT2D eigenvalue weighted by molar-refractivity contribution is 0.238. The molecule has 0 rings (SSSR count). The standard InChI is InChI=1S/C4H10O4S/c1-9(6,7)8-4-2-3-5/h5H,2-4H2,1H3. The van der Waals surface area contributed by atoms with E-state index in [1.54, 1.807) is 0 Å². The summed E-state index contributed by atoms with van der Waals surface area (Å²) >= 11 is 0. The molecule has 0 aliphatic carbocycles. The van der Waals surface area contributed by atoms with Gasteiger partial charge in [-0.25, -0.2) is 0 Å². The van der Waals surface area contributed by atoms with Crippen molar-refractivity contribution in [2.45, 2.75) is 6.42 Å². The first-order chi connectivity index (χ1) is 4.06. The minimum Gasteiger partial charge on any atom is -0.396 e. The normalized spacial score (nSPS) is 11.8. The molecule has 0 aliphatic heterocycles. The van der Waals surface area contributed by atoms with Gasteiger partial charge >= 0.3 is 0 Å². The van der Waals surface area contributed by atoms with Gasteiger partial charge in [-0.3, -0.25) is 4.18 Å². The molecular weight excluding hydrogens is 144 g/mol. The molecule has 0 saturated carbocycles. The third-order valence-corrected chi connectivity index (χ3v) is 1.19. The molecule has 0 heterocycles. The van der Waals surface area contributed by atoms with Crippen LogP contribution in [0.3, 0.4) is 0 Å². The first-order valence-electron chi connectivity index (χ1n) is 2.51. The van der Waals surface area contributed by atoms with E-state index in [4.69, 9.17) is 5.11 Å². The van der Waals surface area contributed by atoms with Crippen LogP contribution in [0.2, 0.25) is 0 Å². The van der Waals surface area contributed by atoms with E-state index >= 15 is 0 Å². The molecule has 56 valence electrons. The molecule has 0 saturated heterocycles. The van der Waals surface area contributed by atoms with Crippen LogP contribution in [0.1, 0.15) is 6.42 Å². The second-order valence-electron chi connectivity index (χ2n) is 1.60. The lowest BCUT2D eigenvalue weighted by atomic mass is 10.5. The van der Waals surface area contributed by atoms with E-state index in [1.807, 2.05) is 0 Å². The molecule has 5 heteroatoms. The topological polar surface area (TPSA) is 63.6 Å². The van der Waals surface area contributed by atoms with Crippen LogP contribution in [0.4, 0.5) is 0 Å².